The van der Waals surface area contributed by atoms with Gasteiger partial charge in [-0.05, 0) is 32.4 Å². The molecule has 0 saturated carbocycles. The summed E-state index contributed by atoms with van der Waals surface area (Å²) in [6.07, 6.45) is 3.46. The molecule has 2 aromatic rings. The fraction of sp³-hybridized carbons (Fsp3) is 0.579. The molecule has 6 nitrogen and oxygen atoms in total. The van der Waals surface area contributed by atoms with Crippen molar-refractivity contribution >= 4 is 11.6 Å². The molecule has 25 heavy (non-hydrogen) atoms. The number of rotatable bonds is 6. The van der Waals surface area contributed by atoms with Crippen molar-refractivity contribution in [1.82, 2.24) is 19.2 Å². The maximum atomic E-state index is 12.6. The number of aromatic nitrogens is 2. The third-order valence-electron chi connectivity index (χ3n) is 5.09. The second kappa shape index (κ2) is 7.97. The van der Waals surface area contributed by atoms with Crippen molar-refractivity contribution in [1.29, 1.82) is 0 Å². The van der Waals surface area contributed by atoms with E-state index in [0.717, 1.165) is 49.8 Å². The van der Waals surface area contributed by atoms with Crippen LogP contribution in [0, 0.1) is 6.92 Å². The predicted octanol–water partition coefficient (Wildman–Crippen LogP) is 2.10. The summed E-state index contributed by atoms with van der Waals surface area (Å²) in [6, 6.07) is 6.37. The first kappa shape index (κ1) is 17.9. The molecule has 1 unspecified atom stereocenters. The highest BCUT2D eigenvalue weighted by atomic mass is 16.5. The molecule has 3 heterocycles. The van der Waals surface area contributed by atoms with Crippen LogP contribution in [0.5, 0.6) is 0 Å². The molecule has 136 valence electrons. The smallest absolute Gasteiger partial charge is 0.222 e. The van der Waals surface area contributed by atoms with E-state index in [1.165, 1.54) is 0 Å². The number of fused-ring (bicyclic) bond motifs is 1. The number of aryl methyl sites for hydroxylation is 1. The molecular weight excluding hydrogens is 316 g/mol. The van der Waals surface area contributed by atoms with Crippen LogP contribution in [0.25, 0.3) is 5.65 Å². The zero-order chi connectivity index (χ0) is 17.8. The highest BCUT2D eigenvalue weighted by Crippen LogP contribution is 2.15. The van der Waals surface area contributed by atoms with Crippen molar-refractivity contribution in [2.45, 2.75) is 39.3 Å². The molecule has 0 aliphatic carbocycles. The monoisotopic (exact) mass is 344 g/mol. The van der Waals surface area contributed by atoms with Gasteiger partial charge in [-0.1, -0.05) is 6.07 Å². The van der Waals surface area contributed by atoms with E-state index in [9.17, 15) is 4.79 Å². The Labute approximate surface area is 149 Å². The molecule has 1 amide bonds. The van der Waals surface area contributed by atoms with Crippen LogP contribution in [0.2, 0.25) is 0 Å². The Morgan fingerprint density at radius 1 is 1.36 bits per heavy atom. The van der Waals surface area contributed by atoms with Gasteiger partial charge in [0.1, 0.15) is 5.65 Å². The minimum absolute atomic E-state index is 0.186. The molecule has 0 spiro atoms. The number of amides is 1. The Kier molecular flexibility index (Phi) is 5.71. The van der Waals surface area contributed by atoms with Gasteiger partial charge in [0.15, 0.2) is 0 Å². The average molecular weight is 344 g/mol. The van der Waals surface area contributed by atoms with Crippen LogP contribution in [0.15, 0.2) is 24.4 Å². The Hall–Kier alpha value is -1.92. The van der Waals surface area contributed by atoms with Crippen molar-refractivity contribution in [3.8, 4) is 0 Å². The van der Waals surface area contributed by atoms with E-state index in [1.54, 1.807) is 0 Å². The molecule has 1 atom stereocenters. The van der Waals surface area contributed by atoms with E-state index < -0.39 is 0 Å². The molecule has 2 aromatic heterocycles. The largest absolute Gasteiger partial charge is 0.379 e. The number of carbonyl (C=O) groups is 1. The van der Waals surface area contributed by atoms with Gasteiger partial charge in [0, 0.05) is 38.8 Å². The van der Waals surface area contributed by atoms with Crippen molar-refractivity contribution < 1.29 is 9.53 Å². The first-order chi connectivity index (χ1) is 12.1. The second-order valence-electron chi connectivity index (χ2n) is 6.86. The summed E-state index contributed by atoms with van der Waals surface area (Å²) in [5.41, 5.74) is 2.98. The van der Waals surface area contributed by atoms with E-state index in [-0.39, 0.29) is 5.91 Å². The number of hydrogen-bond acceptors (Lipinski definition) is 4. The Morgan fingerprint density at radius 3 is 2.88 bits per heavy atom. The van der Waals surface area contributed by atoms with Gasteiger partial charge in [0.2, 0.25) is 5.91 Å². The number of morpholine rings is 1. The highest BCUT2D eigenvalue weighted by Gasteiger charge is 2.20. The molecule has 0 bridgehead atoms. The Bertz CT molecular complexity index is 721. The number of pyridine rings is 1. The summed E-state index contributed by atoms with van der Waals surface area (Å²) < 4.78 is 7.46. The van der Waals surface area contributed by atoms with Crippen LogP contribution >= 0.6 is 0 Å². The number of imidazole rings is 1. The summed E-state index contributed by atoms with van der Waals surface area (Å²) in [4.78, 5) is 21.3. The SMILES string of the molecule is Cc1nc2ccccn2c1CN(C)C(=O)CCC(C)N1CCOCC1. The van der Waals surface area contributed by atoms with Crippen molar-refractivity contribution in [2.24, 2.45) is 0 Å². The van der Waals surface area contributed by atoms with Gasteiger partial charge in [-0.3, -0.25) is 9.69 Å². The van der Waals surface area contributed by atoms with Crippen LogP contribution in [-0.4, -0.2) is 64.5 Å². The molecule has 6 heteroatoms. The van der Waals surface area contributed by atoms with Gasteiger partial charge in [0.05, 0.1) is 31.1 Å². The van der Waals surface area contributed by atoms with Crippen LogP contribution in [0.1, 0.15) is 31.2 Å². The number of ether oxygens (including phenoxy) is 1. The van der Waals surface area contributed by atoms with Crippen LogP contribution < -0.4 is 0 Å². The second-order valence-corrected chi connectivity index (χ2v) is 6.86. The van der Waals surface area contributed by atoms with E-state index in [4.69, 9.17) is 4.74 Å². The number of hydrogen-bond donors (Lipinski definition) is 0. The van der Waals surface area contributed by atoms with Gasteiger partial charge in [-0.15, -0.1) is 0 Å². The predicted molar refractivity (Wildman–Crippen MR) is 97.5 cm³/mol. The van der Waals surface area contributed by atoms with E-state index in [1.807, 2.05) is 43.3 Å². The normalized spacial score (nSPS) is 16.9. The molecule has 3 rings (SSSR count). The highest BCUT2D eigenvalue weighted by molar-refractivity contribution is 5.75. The lowest BCUT2D eigenvalue weighted by atomic mass is 10.1. The zero-order valence-electron chi connectivity index (χ0n) is 15.4. The van der Waals surface area contributed by atoms with E-state index in [2.05, 4.69) is 21.2 Å². The summed E-state index contributed by atoms with van der Waals surface area (Å²) >= 11 is 0. The lowest BCUT2D eigenvalue weighted by Gasteiger charge is -2.32. The molecule has 0 aromatic carbocycles. The third-order valence-corrected chi connectivity index (χ3v) is 5.09. The number of carbonyl (C=O) groups excluding carboxylic acids is 1. The van der Waals surface area contributed by atoms with E-state index in [0.29, 0.717) is 19.0 Å². The van der Waals surface area contributed by atoms with Crippen LogP contribution in [0.3, 0.4) is 0 Å². The summed E-state index contributed by atoms with van der Waals surface area (Å²) in [5.74, 6) is 0.186. The van der Waals surface area contributed by atoms with Crippen LogP contribution in [0.4, 0.5) is 0 Å². The molecule has 1 aliphatic rings. The van der Waals surface area contributed by atoms with Gasteiger partial charge >= 0.3 is 0 Å². The zero-order valence-corrected chi connectivity index (χ0v) is 15.4. The quantitative estimate of drug-likeness (QED) is 0.805. The minimum atomic E-state index is 0.186. The average Bonchev–Trinajstić information content (AvgIpc) is 2.95. The molecule has 0 N–H and O–H groups in total. The lowest BCUT2D eigenvalue weighted by Crippen LogP contribution is -2.42. The number of nitrogens with zero attached hydrogens (tertiary/aromatic N) is 4. The molecule has 1 saturated heterocycles. The van der Waals surface area contributed by atoms with Crippen molar-refractivity contribution in [3.05, 3.63) is 35.8 Å². The topological polar surface area (TPSA) is 50.1 Å². The van der Waals surface area contributed by atoms with E-state index >= 15 is 0 Å². The standard InChI is InChI=1S/C19H28N4O2/c1-15(22-10-12-25-13-11-22)7-8-19(24)21(3)14-17-16(2)20-18-6-4-5-9-23(17)18/h4-6,9,15H,7-8,10-14H2,1-3H3. The van der Waals surface area contributed by atoms with Crippen LogP contribution in [-0.2, 0) is 16.1 Å². The van der Waals surface area contributed by atoms with Crippen molar-refractivity contribution in [2.75, 3.05) is 33.4 Å². The summed E-state index contributed by atoms with van der Waals surface area (Å²) in [7, 11) is 1.88. The first-order valence-corrected chi connectivity index (χ1v) is 9.04. The Balaban J connectivity index is 1.56. The van der Waals surface area contributed by atoms with Gasteiger partial charge < -0.3 is 14.0 Å². The van der Waals surface area contributed by atoms with Gasteiger partial charge in [0.25, 0.3) is 0 Å². The summed E-state index contributed by atoms with van der Waals surface area (Å²) in [6.45, 7) is 8.31. The van der Waals surface area contributed by atoms with Gasteiger partial charge in [-0.2, -0.15) is 0 Å². The first-order valence-electron chi connectivity index (χ1n) is 9.04. The molecular formula is C19H28N4O2. The lowest BCUT2D eigenvalue weighted by molar-refractivity contribution is -0.130. The minimum Gasteiger partial charge on any atom is -0.379 e. The maximum absolute atomic E-state index is 12.6. The fourth-order valence-corrected chi connectivity index (χ4v) is 3.39. The Morgan fingerprint density at radius 2 is 2.12 bits per heavy atom. The maximum Gasteiger partial charge on any atom is 0.222 e. The van der Waals surface area contributed by atoms with Crippen molar-refractivity contribution in [3.63, 3.8) is 0 Å². The molecule has 0 radical (unpaired) electrons. The summed E-state index contributed by atoms with van der Waals surface area (Å²) in [5, 5.41) is 0. The molecule has 1 fully saturated rings. The van der Waals surface area contributed by atoms with Gasteiger partial charge in [-0.25, -0.2) is 4.98 Å². The molecule has 1 aliphatic heterocycles. The third kappa shape index (κ3) is 4.19. The fourth-order valence-electron chi connectivity index (χ4n) is 3.39.